The van der Waals surface area contributed by atoms with Gasteiger partial charge in [0, 0.05) is 14.0 Å². The second-order valence-electron chi connectivity index (χ2n) is 4.35. The van der Waals surface area contributed by atoms with Crippen LogP contribution in [-0.4, -0.2) is 19.6 Å². The van der Waals surface area contributed by atoms with E-state index in [0.29, 0.717) is 13.0 Å². The third-order valence-corrected chi connectivity index (χ3v) is 2.83. The predicted molar refractivity (Wildman–Crippen MR) is 52.5 cm³/mol. The van der Waals surface area contributed by atoms with Crippen molar-refractivity contribution >= 4 is 0 Å². The van der Waals surface area contributed by atoms with Gasteiger partial charge >= 0.3 is 0 Å². The second-order valence-corrected chi connectivity index (χ2v) is 4.35. The minimum Gasteiger partial charge on any atom is -0.384 e. The van der Waals surface area contributed by atoms with Crippen LogP contribution in [0.5, 0.6) is 0 Å². The number of methoxy groups -OCH3 is 1. The van der Waals surface area contributed by atoms with Crippen LogP contribution < -0.4 is 0 Å². The van der Waals surface area contributed by atoms with E-state index in [1.807, 2.05) is 0 Å². The van der Waals surface area contributed by atoms with Crippen LogP contribution in [0.25, 0.3) is 0 Å². The quantitative estimate of drug-likeness (QED) is 0.623. The summed E-state index contributed by atoms with van der Waals surface area (Å²) in [6.45, 7) is 1.60. The number of hydrogen-bond acceptors (Lipinski definition) is 1. The Morgan fingerprint density at radius 2 is 2.07 bits per heavy atom. The predicted octanol–water partition coefficient (Wildman–Crippen LogP) is 3.40. The molecule has 1 aliphatic carbocycles. The molecule has 1 saturated carbocycles. The minimum absolute atomic E-state index is 0.149. The highest BCUT2D eigenvalue weighted by Crippen LogP contribution is 2.44. The normalized spacial score (nSPS) is 21.1. The number of alkyl halides is 2. The lowest BCUT2D eigenvalue weighted by atomic mass is 9.67. The van der Waals surface area contributed by atoms with Gasteiger partial charge in [0.25, 0.3) is 5.92 Å². The van der Waals surface area contributed by atoms with Crippen LogP contribution in [0, 0.1) is 5.41 Å². The van der Waals surface area contributed by atoms with Crippen LogP contribution >= 0.6 is 0 Å². The van der Waals surface area contributed by atoms with Gasteiger partial charge in [-0.25, -0.2) is 8.78 Å². The van der Waals surface area contributed by atoms with Gasteiger partial charge in [-0.2, -0.15) is 0 Å². The fraction of sp³-hybridized carbons (Fsp3) is 0.818. The van der Waals surface area contributed by atoms with E-state index >= 15 is 0 Å². The maximum Gasteiger partial charge on any atom is 0.263 e. The Balaban J connectivity index is 2.38. The molecule has 0 aromatic carbocycles. The van der Waals surface area contributed by atoms with Crippen LogP contribution in [-0.2, 0) is 4.74 Å². The summed E-state index contributed by atoms with van der Waals surface area (Å²) in [6, 6.07) is 0. The molecule has 0 atom stereocenters. The number of allylic oxidation sites excluding steroid dienone is 2. The first-order chi connectivity index (χ1) is 6.47. The first kappa shape index (κ1) is 11.6. The molecule has 0 spiro atoms. The van der Waals surface area contributed by atoms with Gasteiger partial charge in [0.2, 0.25) is 0 Å². The summed E-state index contributed by atoms with van der Waals surface area (Å²) in [5.74, 6) is -2.68. The first-order valence-corrected chi connectivity index (χ1v) is 5.02. The van der Waals surface area contributed by atoms with E-state index in [9.17, 15) is 8.78 Å². The summed E-state index contributed by atoms with van der Waals surface area (Å²) in [5, 5.41) is 0. The van der Waals surface area contributed by atoms with E-state index in [-0.39, 0.29) is 5.41 Å². The smallest absolute Gasteiger partial charge is 0.263 e. The van der Waals surface area contributed by atoms with Crippen molar-refractivity contribution in [3.63, 3.8) is 0 Å². The van der Waals surface area contributed by atoms with Gasteiger partial charge in [-0.05, 0) is 30.8 Å². The highest BCUT2D eigenvalue weighted by molar-refractivity contribution is 4.99. The van der Waals surface area contributed by atoms with E-state index in [1.165, 1.54) is 6.42 Å². The Labute approximate surface area is 84.1 Å². The second kappa shape index (κ2) is 4.39. The van der Waals surface area contributed by atoms with E-state index in [4.69, 9.17) is 4.74 Å². The average Bonchev–Trinajstić information content (AvgIpc) is 1.97. The molecule has 82 valence electrons. The van der Waals surface area contributed by atoms with E-state index < -0.39 is 5.92 Å². The Hall–Kier alpha value is -0.440. The molecule has 0 bridgehead atoms. The molecule has 1 fully saturated rings. The highest BCUT2D eigenvalue weighted by atomic mass is 19.3. The zero-order valence-electron chi connectivity index (χ0n) is 8.85. The van der Waals surface area contributed by atoms with E-state index in [1.54, 1.807) is 13.2 Å². The summed E-state index contributed by atoms with van der Waals surface area (Å²) in [6.07, 6.45) is 6.69. The van der Waals surface area contributed by atoms with Crippen molar-refractivity contribution in [1.82, 2.24) is 0 Å². The van der Waals surface area contributed by atoms with Gasteiger partial charge in [-0.3, -0.25) is 0 Å². The van der Waals surface area contributed by atoms with Crippen LogP contribution in [0.15, 0.2) is 12.2 Å². The number of ether oxygens (including phenoxy) is 1. The Kier molecular flexibility index (Phi) is 3.65. The molecule has 1 rings (SSSR count). The van der Waals surface area contributed by atoms with Crippen LogP contribution in [0.4, 0.5) is 8.78 Å². The maximum atomic E-state index is 12.5. The van der Waals surface area contributed by atoms with Crippen LogP contribution in [0.1, 0.15) is 32.6 Å². The molecule has 1 nitrogen and oxygen atoms in total. The molecular formula is C11H18F2O. The topological polar surface area (TPSA) is 9.23 Å². The molecule has 14 heavy (non-hydrogen) atoms. The van der Waals surface area contributed by atoms with Gasteiger partial charge in [-0.1, -0.05) is 12.5 Å². The standard InChI is InChI=1S/C11H18F2O/c1-10(12,13)5-3-6-11(9-14-2)7-4-8-11/h3,5H,4,6-9H2,1-2H3/b5-3+. The molecule has 0 aromatic rings. The molecule has 0 unspecified atom stereocenters. The minimum atomic E-state index is -2.68. The SMILES string of the molecule is COCC1(C/C=C/C(C)(F)F)CCC1. The molecule has 3 heteroatoms. The summed E-state index contributed by atoms with van der Waals surface area (Å²) < 4.78 is 30.1. The summed E-state index contributed by atoms with van der Waals surface area (Å²) in [7, 11) is 1.66. The molecule has 0 amide bonds. The molecule has 0 aliphatic heterocycles. The zero-order chi connectivity index (χ0) is 10.7. The third-order valence-electron chi connectivity index (χ3n) is 2.83. The third kappa shape index (κ3) is 3.37. The largest absolute Gasteiger partial charge is 0.384 e. The van der Waals surface area contributed by atoms with E-state index in [0.717, 1.165) is 25.8 Å². The van der Waals surface area contributed by atoms with Crippen molar-refractivity contribution in [1.29, 1.82) is 0 Å². The summed E-state index contributed by atoms with van der Waals surface area (Å²) in [5.41, 5.74) is 0.149. The molecule has 0 saturated heterocycles. The lowest BCUT2D eigenvalue weighted by Crippen LogP contribution is -2.33. The van der Waals surface area contributed by atoms with Gasteiger partial charge in [-0.15, -0.1) is 0 Å². The molecule has 0 N–H and O–H groups in total. The van der Waals surface area contributed by atoms with Crippen molar-refractivity contribution in [2.24, 2.45) is 5.41 Å². The molecular weight excluding hydrogens is 186 g/mol. The summed E-state index contributed by atoms with van der Waals surface area (Å²) >= 11 is 0. The fourth-order valence-corrected chi connectivity index (χ4v) is 1.91. The van der Waals surface area contributed by atoms with Crippen molar-refractivity contribution < 1.29 is 13.5 Å². The van der Waals surface area contributed by atoms with E-state index in [2.05, 4.69) is 0 Å². The monoisotopic (exact) mass is 204 g/mol. The van der Waals surface area contributed by atoms with Gasteiger partial charge in [0.15, 0.2) is 0 Å². The molecule has 0 heterocycles. The fourth-order valence-electron chi connectivity index (χ4n) is 1.91. The summed E-state index contributed by atoms with van der Waals surface area (Å²) in [4.78, 5) is 0. The molecule has 1 aliphatic rings. The van der Waals surface area contributed by atoms with Gasteiger partial charge < -0.3 is 4.74 Å². The maximum absolute atomic E-state index is 12.5. The number of halogens is 2. The van der Waals surface area contributed by atoms with Gasteiger partial charge in [0.1, 0.15) is 0 Å². The lowest BCUT2D eigenvalue weighted by Gasteiger charge is -2.40. The van der Waals surface area contributed by atoms with Crippen molar-refractivity contribution in [3.05, 3.63) is 12.2 Å². The molecule has 0 radical (unpaired) electrons. The van der Waals surface area contributed by atoms with Crippen molar-refractivity contribution in [3.8, 4) is 0 Å². The van der Waals surface area contributed by atoms with Crippen LogP contribution in [0.3, 0.4) is 0 Å². The Bertz CT molecular complexity index is 202. The van der Waals surface area contributed by atoms with Crippen molar-refractivity contribution in [2.75, 3.05) is 13.7 Å². The highest BCUT2D eigenvalue weighted by Gasteiger charge is 2.35. The number of rotatable bonds is 5. The van der Waals surface area contributed by atoms with Gasteiger partial charge in [0.05, 0.1) is 6.61 Å². The zero-order valence-corrected chi connectivity index (χ0v) is 8.85. The Morgan fingerprint density at radius 3 is 2.43 bits per heavy atom. The molecule has 0 aromatic heterocycles. The van der Waals surface area contributed by atoms with Crippen molar-refractivity contribution in [2.45, 2.75) is 38.5 Å². The number of hydrogen-bond donors (Lipinski definition) is 0. The first-order valence-electron chi connectivity index (χ1n) is 5.02. The van der Waals surface area contributed by atoms with Crippen LogP contribution in [0.2, 0.25) is 0 Å². The average molecular weight is 204 g/mol. The Morgan fingerprint density at radius 1 is 1.43 bits per heavy atom. The lowest BCUT2D eigenvalue weighted by molar-refractivity contribution is 0.0189.